The Bertz CT molecular complexity index is 378. The molecule has 0 fully saturated rings. The van der Waals surface area contributed by atoms with Gasteiger partial charge in [0.25, 0.3) is 0 Å². The van der Waals surface area contributed by atoms with E-state index in [9.17, 15) is 0 Å². The summed E-state index contributed by atoms with van der Waals surface area (Å²) in [6.45, 7) is 0. The van der Waals surface area contributed by atoms with E-state index in [4.69, 9.17) is 16.9 Å². The molecule has 0 saturated heterocycles. The van der Waals surface area contributed by atoms with Gasteiger partial charge in [0.1, 0.15) is 0 Å². The summed E-state index contributed by atoms with van der Waals surface area (Å²) >= 11 is 5.92. The van der Waals surface area contributed by atoms with Gasteiger partial charge in [0, 0.05) is 11.4 Å². The van der Waals surface area contributed by atoms with Crippen molar-refractivity contribution in [1.29, 1.82) is 5.26 Å². The van der Waals surface area contributed by atoms with Crippen LogP contribution in [0.25, 0.3) is 0 Å². The van der Waals surface area contributed by atoms with Crippen molar-refractivity contribution in [2.24, 2.45) is 5.92 Å². The topological polar surface area (TPSA) is 23.8 Å². The number of halogens is 1. The van der Waals surface area contributed by atoms with Crippen LogP contribution in [0.2, 0.25) is 5.02 Å². The Hall–Kier alpha value is -1.00. The lowest BCUT2D eigenvalue weighted by molar-refractivity contribution is 0.468. The molecule has 0 aromatic heterocycles. The van der Waals surface area contributed by atoms with Gasteiger partial charge in [-0.15, -0.1) is 0 Å². The van der Waals surface area contributed by atoms with Gasteiger partial charge >= 0.3 is 0 Å². The van der Waals surface area contributed by atoms with E-state index >= 15 is 0 Å². The molecule has 0 heterocycles. The van der Waals surface area contributed by atoms with E-state index < -0.39 is 0 Å². The molecule has 2 rings (SSSR count). The van der Waals surface area contributed by atoms with Crippen LogP contribution in [0.15, 0.2) is 18.2 Å². The molecule has 0 amide bonds. The van der Waals surface area contributed by atoms with Crippen molar-refractivity contribution in [2.45, 2.75) is 25.7 Å². The first-order chi connectivity index (χ1) is 6.79. The van der Waals surface area contributed by atoms with Gasteiger partial charge in [-0.05, 0) is 48.4 Å². The Kier molecular flexibility index (Phi) is 2.74. The Balaban J connectivity index is 2.20. The Labute approximate surface area is 89.3 Å². The van der Waals surface area contributed by atoms with Crippen molar-refractivity contribution < 1.29 is 0 Å². The maximum absolute atomic E-state index is 8.64. The number of nitrogens with zero attached hydrogens (tertiary/aromatic N) is 1. The summed E-state index contributed by atoms with van der Waals surface area (Å²) in [5.41, 5.74) is 2.74. The van der Waals surface area contributed by atoms with Crippen molar-refractivity contribution in [1.82, 2.24) is 0 Å². The van der Waals surface area contributed by atoms with Crippen molar-refractivity contribution in [2.75, 3.05) is 0 Å². The molecule has 0 radical (unpaired) electrons. The molecule has 1 atom stereocenters. The molecule has 72 valence electrons. The van der Waals surface area contributed by atoms with Crippen LogP contribution in [0.3, 0.4) is 0 Å². The minimum Gasteiger partial charge on any atom is -0.198 e. The van der Waals surface area contributed by atoms with Crippen LogP contribution < -0.4 is 0 Å². The average Bonchev–Trinajstić information content (AvgIpc) is 2.19. The normalized spacial score (nSPS) is 19.9. The minimum atomic E-state index is 0.550. The number of nitriles is 1. The number of benzene rings is 1. The molecule has 1 nitrogen and oxygen atoms in total. The molecule has 0 aliphatic heterocycles. The van der Waals surface area contributed by atoms with E-state index in [1.165, 1.54) is 11.1 Å². The molecule has 0 saturated carbocycles. The second kappa shape index (κ2) is 4.02. The first-order valence-corrected chi connectivity index (χ1v) is 5.31. The van der Waals surface area contributed by atoms with Gasteiger partial charge in [-0.25, -0.2) is 0 Å². The van der Waals surface area contributed by atoms with E-state index in [1.54, 1.807) is 0 Å². The average molecular weight is 206 g/mol. The van der Waals surface area contributed by atoms with Gasteiger partial charge in [-0.3, -0.25) is 0 Å². The summed E-state index contributed by atoms with van der Waals surface area (Å²) in [6, 6.07) is 8.35. The van der Waals surface area contributed by atoms with Gasteiger partial charge in [0.15, 0.2) is 0 Å². The van der Waals surface area contributed by atoms with Crippen molar-refractivity contribution in [3.05, 3.63) is 34.3 Å². The van der Waals surface area contributed by atoms with Crippen LogP contribution in [0, 0.1) is 17.2 Å². The zero-order valence-corrected chi connectivity index (χ0v) is 8.72. The largest absolute Gasteiger partial charge is 0.198 e. The third-order valence-corrected chi connectivity index (χ3v) is 3.11. The maximum atomic E-state index is 8.64. The van der Waals surface area contributed by atoms with Crippen LogP contribution in [0.5, 0.6) is 0 Å². The van der Waals surface area contributed by atoms with E-state index in [-0.39, 0.29) is 0 Å². The first-order valence-electron chi connectivity index (χ1n) is 4.94. The highest BCUT2D eigenvalue weighted by atomic mass is 35.5. The smallest absolute Gasteiger partial charge is 0.0624 e. The number of aryl methyl sites for hydroxylation is 1. The van der Waals surface area contributed by atoms with Gasteiger partial charge in [0.2, 0.25) is 0 Å². The molecule has 1 aromatic rings. The fourth-order valence-corrected chi connectivity index (χ4v) is 2.30. The Morgan fingerprint density at radius 2 is 2.29 bits per heavy atom. The SMILES string of the molecule is N#CCC1CCc2cc(Cl)ccc2C1. The highest BCUT2D eigenvalue weighted by Gasteiger charge is 2.18. The van der Waals surface area contributed by atoms with Crippen molar-refractivity contribution in [3.8, 4) is 6.07 Å². The lowest BCUT2D eigenvalue weighted by Crippen LogP contribution is -2.13. The summed E-state index contributed by atoms with van der Waals surface area (Å²) in [6.07, 6.45) is 3.92. The van der Waals surface area contributed by atoms with Gasteiger partial charge in [-0.2, -0.15) is 5.26 Å². The summed E-state index contributed by atoms with van der Waals surface area (Å²) in [5.74, 6) is 0.550. The molecule has 2 heteroatoms. The van der Waals surface area contributed by atoms with E-state index in [0.717, 1.165) is 24.3 Å². The third-order valence-electron chi connectivity index (χ3n) is 2.88. The number of hydrogen-bond acceptors (Lipinski definition) is 1. The molecular weight excluding hydrogens is 194 g/mol. The minimum absolute atomic E-state index is 0.550. The van der Waals surface area contributed by atoms with Crippen LogP contribution in [0.4, 0.5) is 0 Å². The van der Waals surface area contributed by atoms with Crippen molar-refractivity contribution in [3.63, 3.8) is 0 Å². The van der Waals surface area contributed by atoms with Crippen LogP contribution in [-0.2, 0) is 12.8 Å². The molecule has 0 spiro atoms. The molecule has 1 unspecified atom stereocenters. The summed E-state index contributed by atoms with van der Waals surface area (Å²) in [7, 11) is 0. The first kappa shape index (κ1) is 9.55. The van der Waals surface area contributed by atoms with Crippen LogP contribution in [0.1, 0.15) is 24.0 Å². The number of fused-ring (bicyclic) bond motifs is 1. The Morgan fingerprint density at radius 1 is 1.43 bits per heavy atom. The molecular formula is C12H12ClN. The zero-order valence-electron chi connectivity index (χ0n) is 7.96. The maximum Gasteiger partial charge on any atom is 0.0624 e. The molecule has 1 aliphatic carbocycles. The molecule has 0 N–H and O–H groups in total. The monoisotopic (exact) mass is 205 g/mol. The molecule has 0 bridgehead atoms. The van der Waals surface area contributed by atoms with Crippen molar-refractivity contribution >= 4 is 11.6 Å². The molecule has 14 heavy (non-hydrogen) atoms. The van der Waals surface area contributed by atoms with Gasteiger partial charge < -0.3 is 0 Å². The lowest BCUT2D eigenvalue weighted by atomic mass is 9.82. The second-order valence-electron chi connectivity index (χ2n) is 3.88. The lowest BCUT2D eigenvalue weighted by Gasteiger charge is -2.22. The van der Waals surface area contributed by atoms with Gasteiger partial charge in [0.05, 0.1) is 6.07 Å². The highest BCUT2D eigenvalue weighted by molar-refractivity contribution is 6.30. The predicted octanol–water partition coefficient (Wildman–Crippen LogP) is 3.36. The molecule has 1 aliphatic rings. The fourth-order valence-electron chi connectivity index (χ4n) is 2.10. The van der Waals surface area contributed by atoms with Crippen LogP contribution >= 0.6 is 11.6 Å². The predicted molar refractivity (Wildman–Crippen MR) is 57.2 cm³/mol. The molecule has 1 aromatic carbocycles. The second-order valence-corrected chi connectivity index (χ2v) is 4.32. The zero-order chi connectivity index (χ0) is 9.97. The van der Waals surface area contributed by atoms with E-state index in [0.29, 0.717) is 12.3 Å². The third kappa shape index (κ3) is 1.91. The highest BCUT2D eigenvalue weighted by Crippen LogP contribution is 2.29. The number of hydrogen-bond donors (Lipinski definition) is 0. The van der Waals surface area contributed by atoms with E-state index in [2.05, 4.69) is 18.2 Å². The fraction of sp³-hybridized carbons (Fsp3) is 0.417. The summed E-state index contributed by atoms with van der Waals surface area (Å²) in [4.78, 5) is 0. The quantitative estimate of drug-likeness (QED) is 0.690. The van der Waals surface area contributed by atoms with Gasteiger partial charge in [-0.1, -0.05) is 17.7 Å². The standard InChI is InChI=1S/C12H12ClN/c13-12-4-3-10-7-9(5-6-14)1-2-11(10)8-12/h3-4,8-9H,1-2,5,7H2. The van der Waals surface area contributed by atoms with E-state index in [1.807, 2.05) is 6.07 Å². The van der Waals surface area contributed by atoms with Crippen LogP contribution in [-0.4, -0.2) is 0 Å². The number of rotatable bonds is 1. The summed E-state index contributed by atoms with van der Waals surface area (Å²) in [5, 5.41) is 9.46. The Morgan fingerprint density at radius 3 is 3.07 bits per heavy atom. The summed E-state index contributed by atoms with van der Waals surface area (Å²) < 4.78 is 0.